The molecule has 1 saturated heterocycles. The van der Waals surface area contributed by atoms with Crippen LogP contribution < -0.4 is 11.5 Å². The number of rotatable bonds is 5. The Kier molecular flexibility index (Phi) is 6.24. The Labute approximate surface area is 205 Å². The number of likely N-dealkylation sites (tertiary alicyclic amines) is 1. The van der Waals surface area contributed by atoms with Crippen LogP contribution in [0, 0.1) is 0 Å². The van der Waals surface area contributed by atoms with Gasteiger partial charge in [-0.3, -0.25) is 9.59 Å². The van der Waals surface area contributed by atoms with Crippen LogP contribution in [0.5, 0.6) is 0 Å². The van der Waals surface area contributed by atoms with E-state index in [1.807, 2.05) is 29.2 Å². The summed E-state index contributed by atoms with van der Waals surface area (Å²) in [5, 5.41) is 0. The molecule has 1 saturated carbocycles. The largest absolute Gasteiger partial charge is 0.368 e. The van der Waals surface area contributed by atoms with Gasteiger partial charge in [-0.1, -0.05) is 61.7 Å². The van der Waals surface area contributed by atoms with Crippen molar-refractivity contribution in [3.8, 4) is 11.1 Å². The number of anilines is 1. The molecule has 7 heteroatoms. The number of nitrogens with two attached hydrogens (primary N) is 2. The molecule has 0 radical (unpaired) electrons. The average molecular weight is 470 g/mol. The van der Waals surface area contributed by atoms with Gasteiger partial charge in [-0.05, 0) is 48.9 Å². The van der Waals surface area contributed by atoms with Crippen molar-refractivity contribution >= 4 is 17.8 Å². The number of hydrogen-bond donors (Lipinski definition) is 2. The number of benzene rings is 2. The normalized spacial score (nSPS) is 19.4. The Hall–Kier alpha value is -3.74. The maximum absolute atomic E-state index is 14.4. The highest BCUT2D eigenvalue weighted by Crippen LogP contribution is 2.45. The summed E-state index contributed by atoms with van der Waals surface area (Å²) < 4.78 is 0. The highest BCUT2D eigenvalue weighted by atomic mass is 16.2. The van der Waals surface area contributed by atoms with Crippen LogP contribution in [-0.2, 0) is 10.2 Å². The predicted molar refractivity (Wildman–Crippen MR) is 135 cm³/mol. The lowest BCUT2D eigenvalue weighted by Gasteiger charge is -2.41. The number of carbonyl (C=O) groups excluding carboxylic acids is 2. The van der Waals surface area contributed by atoms with Crippen LogP contribution in [0.1, 0.15) is 72.6 Å². The summed E-state index contributed by atoms with van der Waals surface area (Å²) in [5.74, 6) is -0.144. The van der Waals surface area contributed by atoms with Crippen LogP contribution in [0.3, 0.4) is 0 Å². The fourth-order valence-corrected chi connectivity index (χ4v) is 5.83. The third-order valence-electron chi connectivity index (χ3n) is 7.57. The molecule has 2 aromatic carbocycles. The summed E-state index contributed by atoms with van der Waals surface area (Å²) in [6.45, 7) is 0.683. The second kappa shape index (κ2) is 9.49. The van der Waals surface area contributed by atoms with Crippen LogP contribution in [0.25, 0.3) is 11.1 Å². The molecule has 4 N–H and O–H groups in total. The van der Waals surface area contributed by atoms with Gasteiger partial charge in [0.05, 0.1) is 17.2 Å². The molecule has 2 aliphatic rings. The Morgan fingerprint density at radius 2 is 1.74 bits per heavy atom. The van der Waals surface area contributed by atoms with Crippen molar-refractivity contribution < 1.29 is 9.59 Å². The minimum absolute atomic E-state index is 0.171. The number of carbonyl (C=O) groups is 2. The Morgan fingerprint density at radius 3 is 2.49 bits per heavy atom. The van der Waals surface area contributed by atoms with Gasteiger partial charge in [0, 0.05) is 23.9 Å². The van der Waals surface area contributed by atoms with Crippen LogP contribution in [-0.4, -0.2) is 33.2 Å². The summed E-state index contributed by atoms with van der Waals surface area (Å²) in [7, 11) is 0. The zero-order valence-electron chi connectivity index (χ0n) is 19.8. The van der Waals surface area contributed by atoms with Gasteiger partial charge < -0.3 is 16.4 Å². The third kappa shape index (κ3) is 4.27. The van der Waals surface area contributed by atoms with Gasteiger partial charge in [-0.25, -0.2) is 9.97 Å². The van der Waals surface area contributed by atoms with Gasteiger partial charge in [0.25, 0.3) is 0 Å². The van der Waals surface area contributed by atoms with Gasteiger partial charge in [-0.15, -0.1) is 0 Å². The number of amides is 2. The highest BCUT2D eigenvalue weighted by molar-refractivity contribution is 5.94. The van der Waals surface area contributed by atoms with E-state index in [1.165, 1.54) is 0 Å². The predicted octanol–water partition coefficient (Wildman–Crippen LogP) is 4.39. The topological polar surface area (TPSA) is 115 Å². The van der Waals surface area contributed by atoms with E-state index >= 15 is 0 Å². The standard InChI is InChI=1S/C28H31N5O2/c29-25(34)20-10-7-9-19(17-20)22-18-31-27(30)32-24(22)23-13-8-16-33(23)26(35)28(14-5-2-6-15-28)21-11-3-1-4-12-21/h1,3-4,7,9-12,17-18,23H,2,5-6,8,13-16H2,(H2,29,34)(H2,30,31,32)/t23-/m1/s1. The van der Waals surface area contributed by atoms with E-state index in [1.54, 1.807) is 24.4 Å². The first-order valence-corrected chi connectivity index (χ1v) is 12.4. The first-order chi connectivity index (χ1) is 17.0. The summed E-state index contributed by atoms with van der Waals surface area (Å²) in [6, 6.07) is 17.1. The van der Waals surface area contributed by atoms with E-state index < -0.39 is 11.3 Å². The van der Waals surface area contributed by atoms with Crippen molar-refractivity contribution in [2.75, 3.05) is 12.3 Å². The van der Waals surface area contributed by atoms with Crippen molar-refractivity contribution in [1.82, 2.24) is 14.9 Å². The minimum atomic E-state index is -0.507. The van der Waals surface area contributed by atoms with Gasteiger partial charge in [0.1, 0.15) is 0 Å². The first kappa shape index (κ1) is 23.0. The maximum atomic E-state index is 14.4. The van der Waals surface area contributed by atoms with E-state index in [0.717, 1.165) is 67.3 Å². The fourth-order valence-electron chi connectivity index (χ4n) is 5.83. The molecule has 2 heterocycles. The molecule has 0 bridgehead atoms. The van der Waals surface area contributed by atoms with Gasteiger partial charge >= 0.3 is 0 Å². The van der Waals surface area contributed by atoms with Crippen molar-refractivity contribution in [3.05, 3.63) is 77.6 Å². The molecule has 180 valence electrons. The fraction of sp³-hybridized carbons (Fsp3) is 0.357. The third-order valence-corrected chi connectivity index (χ3v) is 7.57. The molecular formula is C28H31N5O2. The van der Waals surface area contributed by atoms with Crippen LogP contribution in [0.2, 0.25) is 0 Å². The number of primary amides is 1. The number of aromatic nitrogens is 2. The molecule has 0 spiro atoms. The van der Waals surface area contributed by atoms with E-state index in [4.69, 9.17) is 11.5 Å². The lowest BCUT2D eigenvalue weighted by Crippen LogP contribution is -2.48. The average Bonchev–Trinajstić information content (AvgIpc) is 3.39. The number of hydrogen-bond acceptors (Lipinski definition) is 5. The molecule has 3 aromatic rings. The molecule has 1 aliphatic carbocycles. The first-order valence-electron chi connectivity index (χ1n) is 12.4. The van der Waals surface area contributed by atoms with Gasteiger partial charge in [-0.2, -0.15) is 0 Å². The second-order valence-electron chi connectivity index (χ2n) is 9.64. The van der Waals surface area contributed by atoms with Crippen LogP contribution in [0.4, 0.5) is 5.95 Å². The van der Waals surface area contributed by atoms with Crippen molar-refractivity contribution in [2.24, 2.45) is 5.73 Å². The van der Waals surface area contributed by atoms with E-state index in [9.17, 15) is 9.59 Å². The van der Waals surface area contributed by atoms with E-state index in [2.05, 4.69) is 22.1 Å². The summed E-state index contributed by atoms with van der Waals surface area (Å²) in [5.41, 5.74) is 14.8. The van der Waals surface area contributed by atoms with Crippen LogP contribution >= 0.6 is 0 Å². The molecule has 7 nitrogen and oxygen atoms in total. The van der Waals surface area contributed by atoms with Crippen molar-refractivity contribution in [3.63, 3.8) is 0 Å². The number of nitrogen functional groups attached to an aromatic ring is 1. The summed E-state index contributed by atoms with van der Waals surface area (Å²) >= 11 is 0. The maximum Gasteiger partial charge on any atom is 0.248 e. The SMILES string of the molecule is NC(=O)c1cccc(-c2cnc(N)nc2[C@H]2CCCN2C(=O)C2(c3ccccc3)CCCCC2)c1. The quantitative estimate of drug-likeness (QED) is 0.575. The molecular weight excluding hydrogens is 438 g/mol. The summed E-state index contributed by atoms with van der Waals surface area (Å²) in [4.78, 5) is 37.0. The monoisotopic (exact) mass is 469 g/mol. The zero-order valence-corrected chi connectivity index (χ0v) is 19.8. The lowest BCUT2D eigenvalue weighted by atomic mass is 9.68. The lowest BCUT2D eigenvalue weighted by molar-refractivity contribution is -0.140. The van der Waals surface area contributed by atoms with E-state index in [-0.39, 0.29) is 17.9 Å². The molecule has 2 amide bonds. The molecule has 5 rings (SSSR count). The smallest absolute Gasteiger partial charge is 0.248 e. The Balaban J connectivity index is 1.56. The van der Waals surface area contributed by atoms with Crippen molar-refractivity contribution in [2.45, 2.75) is 56.4 Å². The minimum Gasteiger partial charge on any atom is -0.368 e. The van der Waals surface area contributed by atoms with Crippen molar-refractivity contribution in [1.29, 1.82) is 0 Å². The van der Waals surface area contributed by atoms with Gasteiger partial charge in [0.2, 0.25) is 17.8 Å². The molecule has 1 aromatic heterocycles. The zero-order chi connectivity index (χ0) is 24.4. The molecule has 35 heavy (non-hydrogen) atoms. The number of nitrogens with zero attached hydrogens (tertiary/aromatic N) is 3. The van der Waals surface area contributed by atoms with Gasteiger partial charge in [0.15, 0.2) is 0 Å². The second-order valence-corrected chi connectivity index (χ2v) is 9.64. The molecule has 2 fully saturated rings. The highest BCUT2D eigenvalue weighted by Gasteiger charge is 2.46. The summed E-state index contributed by atoms with van der Waals surface area (Å²) in [6.07, 6.45) is 8.36. The van der Waals surface area contributed by atoms with Crippen LogP contribution in [0.15, 0.2) is 60.8 Å². The van der Waals surface area contributed by atoms with E-state index in [0.29, 0.717) is 12.1 Å². The molecule has 1 atom stereocenters. The molecule has 0 unspecified atom stereocenters. The Bertz CT molecular complexity index is 1240. The Morgan fingerprint density at radius 1 is 0.971 bits per heavy atom. The molecule has 1 aliphatic heterocycles.